The molecule has 1 rings (SSSR count). The predicted octanol–water partition coefficient (Wildman–Crippen LogP) is 5.03. The van der Waals surface area contributed by atoms with E-state index < -0.39 is 13.3 Å². The molecule has 0 N–H and O–H groups in total. The third-order valence-corrected chi connectivity index (χ3v) is 12.8. The summed E-state index contributed by atoms with van der Waals surface area (Å²) in [6, 6.07) is 0. The topological polar surface area (TPSA) is 3.24 Å². The molecule has 0 aromatic rings. The molecule has 1 aliphatic rings. The molecule has 0 saturated carbocycles. The summed E-state index contributed by atoms with van der Waals surface area (Å²) in [5, 5.41) is 4.31. The number of rotatable bonds is 4. The van der Waals surface area contributed by atoms with Gasteiger partial charge in [-0.3, -0.25) is 0 Å². The Kier molecular flexibility index (Phi) is 4.79. The molecule has 17 heavy (non-hydrogen) atoms. The van der Waals surface area contributed by atoms with Crippen LogP contribution >= 0.6 is 0 Å². The molecule has 0 spiro atoms. The minimum absolute atomic E-state index is 0.425. The van der Waals surface area contributed by atoms with Crippen LogP contribution in [-0.2, 0) is 0 Å². The maximum atomic E-state index is 3.04. The highest BCUT2D eigenvalue weighted by molar-refractivity contribution is 6.77. The van der Waals surface area contributed by atoms with Crippen molar-refractivity contribution in [2.45, 2.75) is 94.7 Å². The van der Waals surface area contributed by atoms with Crippen LogP contribution in [0.1, 0.15) is 67.7 Å². The summed E-state index contributed by atoms with van der Waals surface area (Å²) in [5.41, 5.74) is 0.850. The van der Waals surface area contributed by atoms with E-state index in [1.807, 2.05) is 0 Å². The van der Waals surface area contributed by atoms with E-state index in [0.29, 0.717) is 11.1 Å². The van der Waals surface area contributed by atoms with Gasteiger partial charge in [0, 0.05) is 0 Å². The highest BCUT2D eigenvalue weighted by Crippen LogP contribution is 2.45. The first-order valence-corrected chi connectivity index (χ1v) is 10.7. The number of piperidine rings is 1. The van der Waals surface area contributed by atoms with Crippen molar-refractivity contribution in [3.63, 3.8) is 0 Å². The lowest BCUT2D eigenvalue weighted by Gasteiger charge is -2.67. The van der Waals surface area contributed by atoms with Gasteiger partial charge >= 0.3 is 0 Å². The van der Waals surface area contributed by atoms with Crippen LogP contribution in [0.2, 0.25) is 15.8 Å². The molecule has 0 unspecified atom stereocenters. The molecule has 0 aromatic heterocycles. The van der Waals surface area contributed by atoms with Crippen LogP contribution in [0, 0.1) is 0 Å². The molecule has 1 nitrogen and oxygen atoms in total. The lowest BCUT2D eigenvalue weighted by Crippen LogP contribution is -2.70. The van der Waals surface area contributed by atoms with E-state index in [2.05, 4.69) is 52.3 Å². The normalized spacial score (nSPS) is 24.9. The molecule has 102 valence electrons. The van der Waals surface area contributed by atoms with E-state index in [0.717, 1.165) is 0 Å². The van der Waals surface area contributed by atoms with E-state index >= 15 is 0 Å². The largest absolute Gasteiger partial charge is 0.504 e. The lowest BCUT2D eigenvalue weighted by atomic mass is 9.83. The van der Waals surface area contributed by atoms with Crippen molar-refractivity contribution in [2.24, 2.45) is 0 Å². The third kappa shape index (κ3) is 2.75. The van der Waals surface area contributed by atoms with E-state index in [9.17, 15) is 0 Å². The summed E-state index contributed by atoms with van der Waals surface area (Å²) in [4.78, 5) is 0. The Morgan fingerprint density at radius 1 is 0.824 bits per heavy atom. The lowest BCUT2D eigenvalue weighted by molar-refractivity contribution is 0.0418. The Bertz CT molecular complexity index is 229. The van der Waals surface area contributed by atoms with E-state index in [-0.39, 0.29) is 0 Å². The third-order valence-electron chi connectivity index (χ3n) is 5.71. The fourth-order valence-corrected chi connectivity index (χ4v) is 11.0. The van der Waals surface area contributed by atoms with Crippen LogP contribution in [0.15, 0.2) is 0 Å². The van der Waals surface area contributed by atoms with E-state index in [1.165, 1.54) is 35.1 Å². The van der Waals surface area contributed by atoms with Crippen LogP contribution in [0.5, 0.6) is 0 Å². The molecule has 0 atom stereocenters. The second-order valence-electron chi connectivity index (χ2n) is 7.49. The molecule has 0 aliphatic carbocycles. The quantitative estimate of drug-likeness (QED) is 0.636. The van der Waals surface area contributed by atoms with Crippen LogP contribution in [0.3, 0.4) is 0 Å². The van der Waals surface area contributed by atoms with Crippen molar-refractivity contribution in [3.05, 3.63) is 0 Å². The zero-order valence-electron chi connectivity index (χ0n) is 13.3. The number of hydrogen-bond acceptors (Lipinski definition) is 1. The van der Waals surface area contributed by atoms with Gasteiger partial charge in [-0.25, -0.2) is 0 Å². The van der Waals surface area contributed by atoms with Gasteiger partial charge < -0.3 is 3.88 Å². The van der Waals surface area contributed by atoms with Crippen LogP contribution < -0.4 is 0 Å². The molecule has 1 saturated heterocycles. The number of nitrogens with zero attached hydrogens (tertiary/aromatic N) is 1. The Morgan fingerprint density at radius 2 is 1.18 bits per heavy atom. The molecule has 1 fully saturated rings. The second-order valence-corrected chi connectivity index (χ2v) is 13.3. The van der Waals surface area contributed by atoms with Crippen molar-refractivity contribution in [1.82, 2.24) is 3.88 Å². The molecule has 1 heterocycles. The van der Waals surface area contributed by atoms with Crippen LogP contribution in [0.25, 0.3) is 0 Å². The van der Waals surface area contributed by atoms with Crippen molar-refractivity contribution < 1.29 is 0 Å². The molecule has 0 bridgehead atoms. The Hall–Kier alpha value is 0.492. The smallest absolute Gasteiger partial charge is 0.226 e. The highest BCUT2D eigenvalue weighted by Gasteiger charge is 2.46. The van der Waals surface area contributed by atoms with Crippen molar-refractivity contribution in [1.29, 1.82) is 0 Å². The van der Waals surface area contributed by atoms with Crippen LogP contribution in [0.4, 0.5) is 0 Å². The predicted molar refractivity (Wildman–Crippen MR) is 81.0 cm³/mol. The fourth-order valence-electron chi connectivity index (χ4n) is 4.91. The first-order valence-electron chi connectivity index (χ1n) is 7.76. The molecular formula is C15H33AlN-. The minimum atomic E-state index is -1.58. The average molecular weight is 254 g/mol. The van der Waals surface area contributed by atoms with E-state index in [1.54, 1.807) is 0 Å². The van der Waals surface area contributed by atoms with Gasteiger partial charge in [-0.2, -0.15) is 15.8 Å². The maximum Gasteiger partial charge on any atom is 0.226 e. The van der Waals surface area contributed by atoms with Crippen molar-refractivity contribution >= 4 is 13.3 Å². The standard InChI is InChI=1S/C9H18N.3C2H5.Al/c1-8(2)6-5-7-9(3,4)10-8;3*1-2;/h5-7H2,1-4H3;3*1H2,2H3;/q-1;;;;. The summed E-state index contributed by atoms with van der Waals surface area (Å²) >= 11 is -1.58. The van der Waals surface area contributed by atoms with Gasteiger partial charge in [-0.1, -0.05) is 34.1 Å². The maximum absolute atomic E-state index is 3.04. The van der Waals surface area contributed by atoms with Gasteiger partial charge in [0.1, 0.15) is 0 Å². The summed E-state index contributed by atoms with van der Waals surface area (Å²) in [7, 11) is 0. The second kappa shape index (κ2) is 5.24. The highest BCUT2D eigenvalue weighted by atomic mass is 27.3. The summed E-state index contributed by atoms with van der Waals surface area (Å²) in [6.07, 6.45) is 4.18. The first-order chi connectivity index (χ1) is 7.76. The number of hydrogen-bond donors (Lipinski definition) is 0. The van der Waals surface area contributed by atoms with Gasteiger partial charge in [0.2, 0.25) is 13.3 Å². The average Bonchev–Trinajstić information content (AvgIpc) is 2.23. The Balaban J connectivity index is 3.19. The minimum Gasteiger partial charge on any atom is -0.504 e. The molecule has 0 radical (unpaired) electrons. The van der Waals surface area contributed by atoms with Gasteiger partial charge in [-0.05, 0) is 23.9 Å². The van der Waals surface area contributed by atoms with E-state index in [4.69, 9.17) is 0 Å². The molecule has 0 aromatic carbocycles. The molecule has 1 aliphatic heterocycles. The SMILES string of the molecule is C[CH2][Al-]([CH2]C)([CH2]C)[N]1C(C)(C)CCCC1(C)C. The van der Waals surface area contributed by atoms with Crippen molar-refractivity contribution in [3.8, 4) is 0 Å². The van der Waals surface area contributed by atoms with Gasteiger partial charge in [0.05, 0.1) is 0 Å². The molecule has 2 heteroatoms. The van der Waals surface area contributed by atoms with Crippen molar-refractivity contribution in [2.75, 3.05) is 0 Å². The molecule has 0 amide bonds. The Labute approximate surface area is 112 Å². The Morgan fingerprint density at radius 3 is 1.47 bits per heavy atom. The fraction of sp³-hybridized carbons (Fsp3) is 1.00. The molecular weight excluding hydrogens is 221 g/mol. The van der Waals surface area contributed by atoms with Crippen LogP contribution in [-0.4, -0.2) is 28.3 Å². The zero-order chi connectivity index (χ0) is 13.3. The summed E-state index contributed by atoms with van der Waals surface area (Å²) in [5.74, 6) is 0. The van der Waals surface area contributed by atoms with Gasteiger partial charge in [0.25, 0.3) is 0 Å². The summed E-state index contributed by atoms with van der Waals surface area (Å²) < 4.78 is 3.04. The summed E-state index contributed by atoms with van der Waals surface area (Å²) in [6.45, 7) is 17.3. The monoisotopic (exact) mass is 254 g/mol. The zero-order valence-corrected chi connectivity index (χ0v) is 14.4. The van der Waals surface area contributed by atoms with Gasteiger partial charge in [-0.15, -0.1) is 20.8 Å². The van der Waals surface area contributed by atoms with Gasteiger partial charge in [0.15, 0.2) is 0 Å². The first kappa shape index (κ1) is 15.5.